The van der Waals surface area contributed by atoms with Crippen LogP contribution in [0.5, 0.6) is 0 Å². The summed E-state index contributed by atoms with van der Waals surface area (Å²) < 4.78 is 2.07. The zero-order chi connectivity index (χ0) is 13.5. The molecular formula is C17H17N3. The normalized spacial score (nSPS) is 14.8. The van der Waals surface area contributed by atoms with Crippen molar-refractivity contribution in [3.8, 4) is 11.1 Å². The third kappa shape index (κ3) is 1.95. The van der Waals surface area contributed by atoms with E-state index in [1.807, 2.05) is 18.3 Å². The Morgan fingerprint density at radius 3 is 2.70 bits per heavy atom. The van der Waals surface area contributed by atoms with Crippen LogP contribution in [0.25, 0.3) is 21.9 Å². The Morgan fingerprint density at radius 1 is 1.10 bits per heavy atom. The van der Waals surface area contributed by atoms with Crippen molar-refractivity contribution in [2.75, 3.05) is 5.73 Å². The van der Waals surface area contributed by atoms with Gasteiger partial charge >= 0.3 is 0 Å². The zero-order valence-electron chi connectivity index (χ0n) is 11.3. The molecule has 0 atom stereocenters. The highest BCUT2D eigenvalue weighted by Crippen LogP contribution is 2.33. The number of nitrogens with two attached hydrogens (primary N) is 1. The Balaban J connectivity index is 1.81. The summed E-state index contributed by atoms with van der Waals surface area (Å²) in [6, 6.07) is 12.4. The van der Waals surface area contributed by atoms with Gasteiger partial charge in [-0.3, -0.25) is 4.68 Å². The number of fused-ring (bicyclic) bond motifs is 1. The number of nitrogens with zero attached hydrogens (tertiary/aromatic N) is 2. The van der Waals surface area contributed by atoms with Crippen LogP contribution in [-0.4, -0.2) is 9.78 Å². The lowest BCUT2D eigenvalue weighted by Gasteiger charge is -2.07. The third-order valence-corrected chi connectivity index (χ3v) is 4.04. The molecule has 1 heterocycles. The van der Waals surface area contributed by atoms with Gasteiger partial charge < -0.3 is 5.73 Å². The summed E-state index contributed by atoms with van der Waals surface area (Å²) in [4.78, 5) is 0. The number of benzene rings is 2. The number of rotatable bonds is 3. The predicted octanol–water partition coefficient (Wildman–Crippen LogP) is 3.70. The molecule has 2 aromatic carbocycles. The molecule has 1 fully saturated rings. The van der Waals surface area contributed by atoms with E-state index in [2.05, 4.69) is 40.2 Å². The van der Waals surface area contributed by atoms with Crippen molar-refractivity contribution in [2.45, 2.75) is 19.4 Å². The van der Waals surface area contributed by atoms with Gasteiger partial charge in [-0.2, -0.15) is 5.10 Å². The number of hydrogen-bond donors (Lipinski definition) is 1. The van der Waals surface area contributed by atoms with E-state index in [0.717, 1.165) is 23.5 Å². The first-order valence-corrected chi connectivity index (χ1v) is 7.11. The van der Waals surface area contributed by atoms with Gasteiger partial charge in [0, 0.05) is 29.4 Å². The highest BCUT2D eigenvalue weighted by atomic mass is 15.3. The SMILES string of the molecule is Nc1ccc(-c2cnn(CC3CC3)c2)c2ccccc12. The summed E-state index contributed by atoms with van der Waals surface area (Å²) in [6.45, 7) is 1.05. The van der Waals surface area contributed by atoms with Crippen LogP contribution in [0.15, 0.2) is 48.8 Å². The van der Waals surface area contributed by atoms with Crippen LogP contribution in [0.2, 0.25) is 0 Å². The molecule has 3 nitrogen and oxygen atoms in total. The molecule has 4 rings (SSSR count). The summed E-state index contributed by atoms with van der Waals surface area (Å²) in [5.74, 6) is 0.839. The van der Waals surface area contributed by atoms with E-state index >= 15 is 0 Å². The van der Waals surface area contributed by atoms with Crippen molar-refractivity contribution in [3.63, 3.8) is 0 Å². The third-order valence-electron chi connectivity index (χ3n) is 4.04. The fraction of sp³-hybridized carbons (Fsp3) is 0.235. The minimum atomic E-state index is 0.828. The number of aromatic nitrogens is 2. The molecule has 1 aliphatic carbocycles. The van der Waals surface area contributed by atoms with Crippen molar-refractivity contribution in [3.05, 3.63) is 48.8 Å². The monoisotopic (exact) mass is 263 g/mol. The average Bonchev–Trinajstić information content (AvgIpc) is 3.16. The molecule has 100 valence electrons. The second kappa shape index (κ2) is 4.37. The molecule has 20 heavy (non-hydrogen) atoms. The summed E-state index contributed by atoms with van der Waals surface area (Å²) in [5.41, 5.74) is 9.26. The van der Waals surface area contributed by atoms with E-state index in [9.17, 15) is 0 Å². The van der Waals surface area contributed by atoms with Gasteiger partial charge in [0.2, 0.25) is 0 Å². The molecule has 0 unspecified atom stereocenters. The first-order chi connectivity index (χ1) is 9.81. The maximum atomic E-state index is 6.06. The van der Waals surface area contributed by atoms with E-state index in [1.165, 1.54) is 29.4 Å². The first kappa shape index (κ1) is 11.5. The largest absolute Gasteiger partial charge is 0.398 e. The lowest BCUT2D eigenvalue weighted by atomic mass is 9.99. The Kier molecular flexibility index (Phi) is 2.52. The molecule has 2 N–H and O–H groups in total. The second-order valence-electron chi connectivity index (χ2n) is 5.64. The van der Waals surface area contributed by atoms with Gasteiger partial charge in [0.15, 0.2) is 0 Å². The number of hydrogen-bond acceptors (Lipinski definition) is 2. The van der Waals surface area contributed by atoms with Crippen LogP contribution in [0.1, 0.15) is 12.8 Å². The van der Waals surface area contributed by atoms with Crippen molar-refractivity contribution in [1.82, 2.24) is 9.78 Å². The van der Waals surface area contributed by atoms with Crippen molar-refractivity contribution in [1.29, 1.82) is 0 Å². The van der Waals surface area contributed by atoms with Crippen LogP contribution >= 0.6 is 0 Å². The summed E-state index contributed by atoms with van der Waals surface area (Å²) in [6.07, 6.45) is 6.80. The highest BCUT2D eigenvalue weighted by Gasteiger charge is 2.22. The minimum absolute atomic E-state index is 0.828. The molecular weight excluding hydrogens is 246 g/mol. The molecule has 3 aromatic rings. The molecule has 1 aliphatic rings. The molecule has 1 saturated carbocycles. The van der Waals surface area contributed by atoms with Crippen LogP contribution in [-0.2, 0) is 6.54 Å². The standard InChI is InChI=1S/C17H17N3/c18-17-8-7-14(15-3-1-2-4-16(15)17)13-9-19-20(11-13)10-12-5-6-12/h1-4,7-9,11-12H,5-6,10,18H2. The van der Waals surface area contributed by atoms with Gasteiger partial charge in [-0.05, 0) is 35.8 Å². The number of nitrogen functional groups attached to an aromatic ring is 1. The zero-order valence-corrected chi connectivity index (χ0v) is 11.3. The van der Waals surface area contributed by atoms with Crippen LogP contribution in [0.3, 0.4) is 0 Å². The first-order valence-electron chi connectivity index (χ1n) is 7.11. The van der Waals surface area contributed by atoms with E-state index in [1.54, 1.807) is 0 Å². The van der Waals surface area contributed by atoms with Gasteiger partial charge in [-0.1, -0.05) is 30.3 Å². The molecule has 0 saturated heterocycles. The maximum absolute atomic E-state index is 6.06. The van der Waals surface area contributed by atoms with Crippen molar-refractivity contribution >= 4 is 16.5 Å². The predicted molar refractivity (Wildman–Crippen MR) is 82.3 cm³/mol. The van der Waals surface area contributed by atoms with E-state index in [0.29, 0.717) is 0 Å². The van der Waals surface area contributed by atoms with Gasteiger partial charge in [0.05, 0.1) is 6.20 Å². The Hall–Kier alpha value is -2.29. The quantitative estimate of drug-likeness (QED) is 0.732. The Morgan fingerprint density at radius 2 is 1.90 bits per heavy atom. The minimum Gasteiger partial charge on any atom is -0.398 e. The van der Waals surface area contributed by atoms with Crippen molar-refractivity contribution in [2.24, 2.45) is 5.92 Å². The van der Waals surface area contributed by atoms with Gasteiger partial charge in [0.25, 0.3) is 0 Å². The lowest BCUT2D eigenvalue weighted by molar-refractivity contribution is 0.563. The van der Waals surface area contributed by atoms with E-state index in [-0.39, 0.29) is 0 Å². The molecule has 3 heteroatoms. The van der Waals surface area contributed by atoms with Crippen LogP contribution < -0.4 is 5.73 Å². The smallest absolute Gasteiger partial charge is 0.0568 e. The fourth-order valence-electron chi connectivity index (χ4n) is 2.74. The van der Waals surface area contributed by atoms with Gasteiger partial charge in [-0.25, -0.2) is 0 Å². The summed E-state index contributed by atoms with van der Waals surface area (Å²) >= 11 is 0. The summed E-state index contributed by atoms with van der Waals surface area (Å²) in [5, 5.41) is 6.79. The highest BCUT2D eigenvalue weighted by molar-refractivity contribution is 6.02. The molecule has 0 spiro atoms. The number of anilines is 1. The maximum Gasteiger partial charge on any atom is 0.0568 e. The fourth-order valence-corrected chi connectivity index (χ4v) is 2.74. The van der Waals surface area contributed by atoms with Crippen LogP contribution in [0, 0.1) is 5.92 Å². The molecule has 0 radical (unpaired) electrons. The van der Waals surface area contributed by atoms with Gasteiger partial charge in [-0.15, -0.1) is 0 Å². The van der Waals surface area contributed by atoms with Crippen molar-refractivity contribution < 1.29 is 0 Å². The topological polar surface area (TPSA) is 43.8 Å². The van der Waals surface area contributed by atoms with Crippen LogP contribution in [0.4, 0.5) is 5.69 Å². The second-order valence-corrected chi connectivity index (χ2v) is 5.64. The van der Waals surface area contributed by atoms with Gasteiger partial charge in [0.1, 0.15) is 0 Å². The van der Waals surface area contributed by atoms with E-state index in [4.69, 9.17) is 5.73 Å². The molecule has 0 aliphatic heterocycles. The molecule has 1 aromatic heterocycles. The average molecular weight is 263 g/mol. The summed E-state index contributed by atoms with van der Waals surface area (Å²) in [7, 11) is 0. The molecule has 0 amide bonds. The lowest BCUT2D eigenvalue weighted by Crippen LogP contribution is -1.99. The Labute approximate surface area is 118 Å². The van der Waals surface area contributed by atoms with E-state index < -0.39 is 0 Å². The molecule has 0 bridgehead atoms. The Bertz CT molecular complexity index is 769.